The molecule has 0 radical (unpaired) electrons. The third kappa shape index (κ3) is 5.96. The van der Waals surface area contributed by atoms with Crippen molar-refractivity contribution in [3.8, 4) is 22.3 Å². The van der Waals surface area contributed by atoms with Gasteiger partial charge in [-0.2, -0.15) is 0 Å². The second-order valence-electron chi connectivity index (χ2n) is 8.83. The summed E-state index contributed by atoms with van der Waals surface area (Å²) in [5.74, 6) is 0.456. The predicted molar refractivity (Wildman–Crippen MR) is 144 cm³/mol. The van der Waals surface area contributed by atoms with Crippen LogP contribution in [0.4, 0.5) is 0 Å². The number of nitrogens with zero attached hydrogens (tertiary/aromatic N) is 4. The molecule has 0 spiro atoms. The summed E-state index contributed by atoms with van der Waals surface area (Å²) in [5, 5.41) is 10.6. The van der Waals surface area contributed by atoms with Gasteiger partial charge < -0.3 is 23.9 Å². The molecule has 0 amide bonds. The van der Waals surface area contributed by atoms with E-state index in [-0.39, 0.29) is 12.3 Å². The number of furan rings is 1. The summed E-state index contributed by atoms with van der Waals surface area (Å²) in [7, 11) is 2.13. The normalized spacial score (nSPS) is 15.6. The molecule has 0 aliphatic carbocycles. The summed E-state index contributed by atoms with van der Waals surface area (Å²) in [4.78, 5) is 27.0. The summed E-state index contributed by atoms with van der Waals surface area (Å²) >= 11 is 5.02. The Morgan fingerprint density at radius 2 is 2.00 bits per heavy atom. The van der Waals surface area contributed by atoms with Gasteiger partial charge in [0.2, 0.25) is 12.0 Å². The van der Waals surface area contributed by atoms with Gasteiger partial charge in [0, 0.05) is 39.1 Å². The van der Waals surface area contributed by atoms with Crippen molar-refractivity contribution in [3.63, 3.8) is 0 Å². The maximum absolute atomic E-state index is 12.2. The Morgan fingerprint density at radius 1 is 1.19 bits per heavy atom. The quantitative estimate of drug-likeness (QED) is 0.289. The number of rotatable bonds is 10. The average molecular weight is 587 g/mol. The van der Waals surface area contributed by atoms with E-state index >= 15 is 0 Å². The van der Waals surface area contributed by atoms with Crippen LogP contribution < -0.4 is 9.47 Å². The van der Waals surface area contributed by atoms with Crippen molar-refractivity contribution in [2.75, 3.05) is 46.4 Å². The lowest BCUT2D eigenvalue weighted by Gasteiger charge is -2.32. The second kappa shape index (κ2) is 11.6. The van der Waals surface area contributed by atoms with E-state index in [4.69, 9.17) is 13.9 Å². The number of aliphatic carboxylic acids is 1. The minimum atomic E-state index is -1.17. The number of halogens is 1. The highest BCUT2D eigenvalue weighted by atomic mass is 79.9. The molecule has 1 aliphatic heterocycles. The van der Waals surface area contributed by atoms with Crippen LogP contribution in [0.25, 0.3) is 20.9 Å². The number of benzene rings is 1. The van der Waals surface area contributed by atoms with Crippen LogP contribution in [0.1, 0.15) is 5.56 Å². The van der Waals surface area contributed by atoms with Crippen LogP contribution in [-0.2, 0) is 11.2 Å². The Labute approximate surface area is 226 Å². The number of hydrogen-bond donors (Lipinski definition) is 1. The third-order valence-corrected chi connectivity index (χ3v) is 8.48. The Kier molecular flexibility index (Phi) is 8.04. The van der Waals surface area contributed by atoms with Gasteiger partial charge in [0.05, 0.1) is 21.0 Å². The zero-order valence-electron chi connectivity index (χ0n) is 20.3. The third-order valence-electron chi connectivity index (χ3n) is 6.31. The van der Waals surface area contributed by atoms with Crippen molar-refractivity contribution < 1.29 is 23.8 Å². The van der Waals surface area contributed by atoms with Gasteiger partial charge in [-0.25, -0.2) is 14.8 Å². The maximum Gasteiger partial charge on any atom is 0.345 e. The fourth-order valence-electron chi connectivity index (χ4n) is 4.21. The molecule has 0 unspecified atom stereocenters. The van der Waals surface area contributed by atoms with Gasteiger partial charge in [-0.1, -0.05) is 18.2 Å². The lowest BCUT2D eigenvalue weighted by Crippen LogP contribution is -2.45. The molecule has 194 valence electrons. The first-order valence-electron chi connectivity index (χ1n) is 12.0. The Morgan fingerprint density at radius 3 is 2.76 bits per heavy atom. The minimum absolute atomic E-state index is 0.123. The van der Waals surface area contributed by atoms with Gasteiger partial charge in [-0.05, 0) is 46.7 Å². The van der Waals surface area contributed by atoms with Gasteiger partial charge in [-0.3, -0.25) is 4.90 Å². The molecule has 3 aromatic heterocycles. The van der Waals surface area contributed by atoms with E-state index in [9.17, 15) is 9.90 Å². The number of carbonyl (C=O) groups is 1. The van der Waals surface area contributed by atoms with Crippen LogP contribution >= 0.6 is 27.3 Å². The summed E-state index contributed by atoms with van der Waals surface area (Å²) in [5.41, 5.74) is 0.763. The van der Waals surface area contributed by atoms with Crippen molar-refractivity contribution in [1.29, 1.82) is 0 Å². The Balaban J connectivity index is 1.31. The molecule has 11 heteroatoms. The largest absolute Gasteiger partial charge is 0.492 e. The van der Waals surface area contributed by atoms with E-state index < -0.39 is 12.1 Å². The molecular weight excluding hydrogens is 560 g/mol. The van der Waals surface area contributed by atoms with Crippen molar-refractivity contribution >= 4 is 43.5 Å². The predicted octanol–water partition coefficient (Wildman–Crippen LogP) is 4.41. The highest BCUT2D eigenvalue weighted by Crippen LogP contribution is 2.44. The van der Waals surface area contributed by atoms with Gasteiger partial charge >= 0.3 is 5.97 Å². The molecule has 9 nitrogen and oxygen atoms in total. The Bertz CT molecular complexity index is 1350. The van der Waals surface area contributed by atoms with E-state index in [1.165, 1.54) is 17.7 Å². The summed E-state index contributed by atoms with van der Waals surface area (Å²) in [6, 6.07) is 11.2. The molecule has 1 fully saturated rings. The first-order valence-corrected chi connectivity index (χ1v) is 13.6. The highest BCUT2D eigenvalue weighted by Gasteiger charge is 2.26. The molecule has 4 heterocycles. The summed E-state index contributed by atoms with van der Waals surface area (Å²) in [6.07, 6.45) is 1.93. The van der Waals surface area contributed by atoms with Crippen LogP contribution in [0.2, 0.25) is 0 Å². The topological polar surface area (TPSA) is 101 Å². The molecule has 1 saturated heterocycles. The molecule has 5 rings (SSSR count). The monoisotopic (exact) mass is 586 g/mol. The smallest absolute Gasteiger partial charge is 0.345 e. The highest BCUT2D eigenvalue weighted by molar-refractivity contribution is 9.10. The van der Waals surface area contributed by atoms with Crippen LogP contribution in [0.5, 0.6) is 11.6 Å². The number of para-hydroxylation sites is 1. The maximum atomic E-state index is 12.2. The van der Waals surface area contributed by atoms with Crippen LogP contribution in [0, 0.1) is 0 Å². The first kappa shape index (κ1) is 25.7. The van der Waals surface area contributed by atoms with Gasteiger partial charge in [0.15, 0.2) is 0 Å². The molecule has 1 N–H and O–H groups in total. The van der Waals surface area contributed by atoms with E-state index in [0.29, 0.717) is 32.8 Å². The number of fused-ring (bicyclic) bond motifs is 1. The van der Waals surface area contributed by atoms with Crippen molar-refractivity contribution in [2.24, 2.45) is 0 Å². The molecule has 37 heavy (non-hydrogen) atoms. The molecule has 0 saturated carbocycles. The number of thiophene rings is 1. The van der Waals surface area contributed by atoms with Crippen LogP contribution in [-0.4, -0.2) is 83.3 Å². The second-order valence-corrected chi connectivity index (χ2v) is 10.6. The van der Waals surface area contributed by atoms with E-state index in [0.717, 1.165) is 43.2 Å². The van der Waals surface area contributed by atoms with Gasteiger partial charge in [-0.15, -0.1) is 11.3 Å². The number of aromatic nitrogens is 2. The number of likely N-dealkylation sites (N-methyl/N-ethyl adjacent to an activating group) is 1. The van der Waals surface area contributed by atoms with Crippen molar-refractivity contribution in [1.82, 2.24) is 19.8 Å². The van der Waals surface area contributed by atoms with E-state index in [2.05, 4.69) is 42.7 Å². The van der Waals surface area contributed by atoms with Gasteiger partial charge in [0.25, 0.3) is 0 Å². The first-order chi connectivity index (χ1) is 18.0. The number of carboxylic acid groups (broad SMARTS) is 1. The summed E-state index contributed by atoms with van der Waals surface area (Å²) in [6.45, 7) is 5.49. The van der Waals surface area contributed by atoms with Gasteiger partial charge in [0.1, 0.15) is 29.3 Å². The number of carboxylic acids is 1. The summed E-state index contributed by atoms with van der Waals surface area (Å²) < 4.78 is 18.3. The minimum Gasteiger partial charge on any atom is -0.492 e. The molecule has 4 aromatic rings. The van der Waals surface area contributed by atoms with Crippen molar-refractivity contribution in [2.45, 2.75) is 12.5 Å². The molecular formula is C26H27BrN4O5S. The molecule has 1 aliphatic rings. The Hall–Kier alpha value is -2.99. The molecule has 1 aromatic carbocycles. The van der Waals surface area contributed by atoms with E-state index in [1.54, 1.807) is 12.3 Å². The fraction of sp³-hybridized carbons (Fsp3) is 0.346. The number of ether oxygens (including phenoxy) is 2. The average Bonchev–Trinajstić information content (AvgIpc) is 3.54. The van der Waals surface area contributed by atoms with E-state index in [1.807, 2.05) is 30.3 Å². The number of hydrogen-bond acceptors (Lipinski definition) is 9. The van der Waals surface area contributed by atoms with Crippen molar-refractivity contribution in [3.05, 3.63) is 59.0 Å². The standard InChI is InChI=1S/C26H27BrN4O5S/c1-30-8-10-31(11-9-30)12-14-35-18-6-3-2-5-17(18)15-20(26(32)33)36-24-21-22(27)23(19-7-4-13-34-19)37-25(21)29-16-28-24/h2-7,13,16,20H,8-12,14-15H2,1H3,(H,32,33)/t20-/m1/s1. The van der Waals surface area contributed by atoms with Crippen LogP contribution in [0.3, 0.4) is 0 Å². The number of piperazine rings is 1. The molecule has 1 atom stereocenters. The fourth-order valence-corrected chi connectivity index (χ4v) is 6.13. The lowest BCUT2D eigenvalue weighted by molar-refractivity contribution is -0.145. The molecule has 0 bridgehead atoms. The zero-order valence-corrected chi connectivity index (χ0v) is 22.7. The van der Waals surface area contributed by atoms with Crippen LogP contribution in [0.15, 0.2) is 57.9 Å². The SMILES string of the molecule is CN1CCN(CCOc2ccccc2C[C@@H](Oc2ncnc3sc(-c4ccco4)c(Br)c23)C(=O)O)CC1. The lowest BCUT2D eigenvalue weighted by atomic mass is 10.1. The zero-order chi connectivity index (χ0) is 25.8.